The van der Waals surface area contributed by atoms with Crippen LogP contribution in [0.15, 0.2) is 54.6 Å². The van der Waals surface area contributed by atoms with Gasteiger partial charge in [0, 0.05) is 5.56 Å². The van der Waals surface area contributed by atoms with Crippen molar-refractivity contribution in [2.24, 2.45) is 0 Å². The summed E-state index contributed by atoms with van der Waals surface area (Å²) in [5.74, 6) is -0.607. The summed E-state index contributed by atoms with van der Waals surface area (Å²) in [6.45, 7) is 0.193. The lowest BCUT2D eigenvalue weighted by molar-refractivity contribution is 0.0233. The van der Waals surface area contributed by atoms with Crippen molar-refractivity contribution in [1.29, 1.82) is 0 Å². The number of benzene rings is 2. The zero-order valence-corrected chi connectivity index (χ0v) is 9.60. The number of amides is 1. The number of halogens is 1. The van der Waals surface area contributed by atoms with Gasteiger partial charge in [-0.2, -0.15) is 0 Å². The monoisotopic (exact) mass is 245 g/mol. The van der Waals surface area contributed by atoms with Crippen LogP contribution >= 0.6 is 0 Å². The lowest BCUT2D eigenvalue weighted by atomic mass is 10.2. The quantitative estimate of drug-likeness (QED) is 0.841. The first-order valence-corrected chi connectivity index (χ1v) is 5.47. The van der Waals surface area contributed by atoms with Gasteiger partial charge in [-0.25, -0.2) is 9.87 Å². The van der Waals surface area contributed by atoms with Crippen LogP contribution in [0, 0.1) is 5.82 Å². The molecule has 0 radical (unpaired) electrons. The molecule has 18 heavy (non-hydrogen) atoms. The van der Waals surface area contributed by atoms with E-state index >= 15 is 0 Å². The maximum atomic E-state index is 12.6. The van der Waals surface area contributed by atoms with Crippen LogP contribution in [0.4, 0.5) is 4.39 Å². The molecule has 92 valence electrons. The molecule has 0 heterocycles. The average molecular weight is 245 g/mol. The number of rotatable bonds is 4. The van der Waals surface area contributed by atoms with Crippen molar-refractivity contribution in [3.05, 3.63) is 71.5 Å². The van der Waals surface area contributed by atoms with Crippen molar-refractivity contribution in [2.45, 2.75) is 6.61 Å². The van der Waals surface area contributed by atoms with Crippen molar-refractivity contribution in [1.82, 2.24) is 5.48 Å². The van der Waals surface area contributed by atoms with Crippen LogP contribution < -0.4 is 5.48 Å². The Balaban J connectivity index is 1.82. The molecule has 0 aliphatic rings. The molecule has 0 atom stereocenters. The Morgan fingerprint density at radius 3 is 2.39 bits per heavy atom. The third kappa shape index (κ3) is 3.40. The fourth-order valence-electron chi connectivity index (χ4n) is 1.41. The van der Waals surface area contributed by atoms with E-state index in [9.17, 15) is 9.18 Å². The molecular formula is C14H12FNO2. The Morgan fingerprint density at radius 1 is 1.06 bits per heavy atom. The van der Waals surface area contributed by atoms with Crippen LogP contribution in [0.25, 0.3) is 0 Å². The average Bonchev–Trinajstić information content (AvgIpc) is 2.42. The van der Waals surface area contributed by atoms with E-state index in [0.29, 0.717) is 5.56 Å². The van der Waals surface area contributed by atoms with Gasteiger partial charge in [0.2, 0.25) is 0 Å². The van der Waals surface area contributed by atoms with Gasteiger partial charge in [0.1, 0.15) is 5.82 Å². The van der Waals surface area contributed by atoms with E-state index in [1.54, 1.807) is 36.4 Å². The summed E-state index contributed by atoms with van der Waals surface area (Å²) in [7, 11) is 0. The Bertz CT molecular complexity index is 511. The highest BCUT2D eigenvalue weighted by molar-refractivity contribution is 5.93. The fraction of sp³-hybridized carbons (Fsp3) is 0.0714. The molecule has 0 unspecified atom stereocenters. The van der Waals surface area contributed by atoms with Crippen LogP contribution in [0.5, 0.6) is 0 Å². The molecule has 0 aliphatic carbocycles. The second kappa shape index (κ2) is 5.93. The van der Waals surface area contributed by atoms with Crippen molar-refractivity contribution >= 4 is 5.91 Å². The van der Waals surface area contributed by atoms with Crippen LogP contribution in [-0.2, 0) is 11.4 Å². The summed E-state index contributed by atoms with van der Waals surface area (Å²) in [6.07, 6.45) is 0. The van der Waals surface area contributed by atoms with Crippen molar-refractivity contribution in [3.8, 4) is 0 Å². The molecule has 1 amide bonds. The maximum Gasteiger partial charge on any atom is 0.274 e. The Hall–Kier alpha value is -2.20. The van der Waals surface area contributed by atoms with E-state index < -0.39 is 0 Å². The van der Waals surface area contributed by atoms with Crippen molar-refractivity contribution in [3.63, 3.8) is 0 Å². The minimum atomic E-state index is -0.308. The van der Waals surface area contributed by atoms with Gasteiger partial charge in [0.15, 0.2) is 0 Å². The summed E-state index contributed by atoms with van der Waals surface area (Å²) < 4.78 is 12.6. The lowest BCUT2D eigenvalue weighted by Gasteiger charge is -2.05. The van der Waals surface area contributed by atoms with Crippen LogP contribution in [0.3, 0.4) is 0 Å². The highest BCUT2D eigenvalue weighted by atomic mass is 19.1. The highest BCUT2D eigenvalue weighted by Crippen LogP contribution is 2.04. The van der Waals surface area contributed by atoms with Gasteiger partial charge < -0.3 is 0 Å². The SMILES string of the molecule is O=C(NOCc1ccc(F)cc1)c1ccccc1. The first kappa shape index (κ1) is 12.3. The molecule has 2 aromatic rings. The van der Waals surface area contributed by atoms with E-state index in [4.69, 9.17) is 4.84 Å². The zero-order chi connectivity index (χ0) is 12.8. The molecule has 2 aromatic carbocycles. The molecule has 4 heteroatoms. The summed E-state index contributed by atoms with van der Waals surface area (Å²) in [5.41, 5.74) is 3.64. The predicted molar refractivity (Wildman–Crippen MR) is 65.1 cm³/mol. The van der Waals surface area contributed by atoms with Gasteiger partial charge in [-0.3, -0.25) is 9.63 Å². The highest BCUT2D eigenvalue weighted by Gasteiger charge is 2.03. The number of carbonyl (C=O) groups is 1. The van der Waals surface area contributed by atoms with E-state index in [-0.39, 0.29) is 18.3 Å². The van der Waals surface area contributed by atoms with Gasteiger partial charge in [-0.1, -0.05) is 30.3 Å². The van der Waals surface area contributed by atoms with Crippen molar-refractivity contribution < 1.29 is 14.0 Å². The fourth-order valence-corrected chi connectivity index (χ4v) is 1.41. The molecule has 0 spiro atoms. The molecule has 3 nitrogen and oxygen atoms in total. The Kier molecular flexibility index (Phi) is 4.04. The summed E-state index contributed by atoms with van der Waals surface area (Å²) in [4.78, 5) is 16.6. The molecule has 1 N–H and O–H groups in total. The summed E-state index contributed by atoms with van der Waals surface area (Å²) >= 11 is 0. The Labute approximate surface area is 104 Å². The van der Waals surface area contributed by atoms with Gasteiger partial charge in [0.05, 0.1) is 6.61 Å². The van der Waals surface area contributed by atoms with Gasteiger partial charge in [0.25, 0.3) is 5.91 Å². The first-order chi connectivity index (χ1) is 8.75. The Morgan fingerprint density at radius 2 is 1.72 bits per heavy atom. The first-order valence-electron chi connectivity index (χ1n) is 5.47. The predicted octanol–water partition coefficient (Wildman–Crippen LogP) is 2.69. The standard InChI is InChI=1S/C14H12FNO2/c15-13-8-6-11(7-9-13)10-18-16-14(17)12-4-2-1-3-5-12/h1-9H,10H2,(H,16,17). The van der Waals surface area contributed by atoms with Crippen LogP contribution in [-0.4, -0.2) is 5.91 Å². The third-order valence-corrected chi connectivity index (χ3v) is 2.35. The maximum absolute atomic E-state index is 12.6. The second-order valence-corrected chi connectivity index (χ2v) is 3.71. The molecule has 0 aliphatic heterocycles. The van der Waals surface area contributed by atoms with Crippen LogP contribution in [0.1, 0.15) is 15.9 Å². The zero-order valence-electron chi connectivity index (χ0n) is 9.60. The summed E-state index contributed by atoms with van der Waals surface area (Å²) in [5, 5.41) is 0. The number of hydroxylamine groups is 1. The molecule has 0 saturated heterocycles. The normalized spacial score (nSPS) is 10.1. The largest absolute Gasteiger partial charge is 0.274 e. The molecular weight excluding hydrogens is 233 g/mol. The van der Waals surface area contributed by atoms with E-state index in [0.717, 1.165) is 5.56 Å². The van der Waals surface area contributed by atoms with Gasteiger partial charge >= 0.3 is 0 Å². The number of nitrogens with one attached hydrogen (secondary N) is 1. The number of carbonyl (C=O) groups excluding carboxylic acids is 1. The number of hydrogen-bond acceptors (Lipinski definition) is 2. The smallest absolute Gasteiger partial charge is 0.269 e. The minimum Gasteiger partial charge on any atom is -0.269 e. The van der Waals surface area contributed by atoms with E-state index in [1.165, 1.54) is 12.1 Å². The number of hydrogen-bond donors (Lipinski definition) is 1. The second-order valence-electron chi connectivity index (χ2n) is 3.71. The molecule has 0 aromatic heterocycles. The topological polar surface area (TPSA) is 38.3 Å². The lowest BCUT2D eigenvalue weighted by Crippen LogP contribution is -2.23. The molecule has 0 bridgehead atoms. The van der Waals surface area contributed by atoms with Crippen molar-refractivity contribution in [2.75, 3.05) is 0 Å². The molecule has 0 saturated carbocycles. The van der Waals surface area contributed by atoms with E-state index in [2.05, 4.69) is 5.48 Å². The molecule has 2 rings (SSSR count). The summed E-state index contributed by atoms with van der Waals surface area (Å²) in [6, 6.07) is 14.6. The van der Waals surface area contributed by atoms with Gasteiger partial charge in [-0.05, 0) is 29.8 Å². The van der Waals surface area contributed by atoms with E-state index in [1.807, 2.05) is 6.07 Å². The van der Waals surface area contributed by atoms with Crippen LogP contribution in [0.2, 0.25) is 0 Å². The molecule has 0 fully saturated rings. The third-order valence-electron chi connectivity index (χ3n) is 2.35. The minimum absolute atomic E-state index is 0.193. The van der Waals surface area contributed by atoms with Gasteiger partial charge in [-0.15, -0.1) is 0 Å².